The second kappa shape index (κ2) is 3.11. The number of nitrogens with two attached hydrogens (primary N) is 1. The van der Waals surface area contributed by atoms with Gasteiger partial charge in [-0.05, 0) is 6.92 Å². The Hall–Kier alpha value is -1.79. The summed E-state index contributed by atoms with van der Waals surface area (Å²) in [4.78, 5) is 7.25. The monoisotopic (exact) mass is 213 g/mol. The zero-order chi connectivity index (χ0) is 11.2. The van der Waals surface area contributed by atoms with Crippen LogP contribution in [-0.2, 0) is 7.05 Å². The molecule has 0 aliphatic carbocycles. The van der Waals surface area contributed by atoms with Crippen molar-refractivity contribution >= 4 is 16.9 Å². The largest absolute Gasteiger partial charge is 0.383 e. The third-order valence-corrected chi connectivity index (χ3v) is 2.10. The summed E-state index contributed by atoms with van der Waals surface area (Å²) in [5.41, 5.74) is 6.53. The van der Waals surface area contributed by atoms with Crippen LogP contribution in [0, 0.1) is 6.92 Å². The normalized spacial score (nSPS) is 11.5. The molecule has 0 spiro atoms. The molecule has 5 nitrogen and oxygen atoms in total. The molecule has 0 unspecified atom stereocenters. The van der Waals surface area contributed by atoms with Crippen LogP contribution >= 0.6 is 0 Å². The Bertz CT molecular complexity index is 519. The van der Waals surface area contributed by atoms with E-state index >= 15 is 0 Å². The fourth-order valence-corrected chi connectivity index (χ4v) is 1.48. The molecule has 2 aromatic heterocycles. The molecule has 0 aliphatic heterocycles. The molecule has 2 heterocycles. The highest BCUT2D eigenvalue weighted by Crippen LogP contribution is 2.24. The summed E-state index contributed by atoms with van der Waals surface area (Å²) in [5.74, 6) is -0.524. The van der Waals surface area contributed by atoms with Crippen LogP contribution in [0.3, 0.4) is 0 Å². The molecule has 0 aliphatic rings. The van der Waals surface area contributed by atoms with E-state index in [-0.39, 0.29) is 5.82 Å². The maximum Gasteiger partial charge on any atom is 0.297 e. The minimum Gasteiger partial charge on any atom is -0.383 e. The molecule has 0 saturated heterocycles. The lowest BCUT2D eigenvalue weighted by atomic mass is 10.3. The van der Waals surface area contributed by atoms with Gasteiger partial charge in [-0.15, -0.1) is 0 Å². The lowest BCUT2D eigenvalue weighted by molar-refractivity contribution is 0.141. The standard InChI is InChI=1S/C8H9F2N5/c1-3-4-6(11)12-7(5(9)10)13-8(4)15(2)14-3/h5H,1-2H3,(H2,11,12,13). The quantitative estimate of drug-likeness (QED) is 0.772. The van der Waals surface area contributed by atoms with Crippen molar-refractivity contribution in [3.8, 4) is 0 Å². The first-order valence-electron chi connectivity index (χ1n) is 4.25. The SMILES string of the molecule is Cc1nn(C)c2nc(C(F)F)nc(N)c12. The number of halogens is 2. The molecule has 80 valence electrons. The first-order chi connectivity index (χ1) is 7.00. The average molecular weight is 213 g/mol. The fraction of sp³-hybridized carbons (Fsp3) is 0.375. The highest BCUT2D eigenvalue weighted by molar-refractivity contribution is 5.88. The Labute approximate surface area is 83.9 Å². The highest BCUT2D eigenvalue weighted by Gasteiger charge is 2.17. The molecule has 15 heavy (non-hydrogen) atoms. The predicted octanol–water partition coefficient (Wildman–Crippen LogP) is 1.19. The fourth-order valence-electron chi connectivity index (χ4n) is 1.48. The summed E-state index contributed by atoms with van der Waals surface area (Å²) in [6, 6.07) is 0. The number of anilines is 1. The molecule has 2 N–H and O–H groups in total. The molecule has 2 rings (SSSR count). The molecule has 2 aromatic rings. The van der Waals surface area contributed by atoms with Crippen LogP contribution in [0.2, 0.25) is 0 Å². The van der Waals surface area contributed by atoms with Crippen LogP contribution in [0.15, 0.2) is 0 Å². The van der Waals surface area contributed by atoms with Gasteiger partial charge < -0.3 is 5.73 Å². The minimum atomic E-state index is -2.73. The molecule has 0 fully saturated rings. The number of nitrogen functional groups attached to an aromatic ring is 1. The van der Waals surface area contributed by atoms with Crippen molar-refractivity contribution < 1.29 is 8.78 Å². The van der Waals surface area contributed by atoms with Crippen molar-refractivity contribution in [2.24, 2.45) is 7.05 Å². The van der Waals surface area contributed by atoms with Gasteiger partial charge in [0.2, 0.25) is 0 Å². The van der Waals surface area contributed by atoms with E-state index in [1.807, 2.05) is 0 Å². The van der Waals surface area contributed by atoms with Crippen LogP contribution in [0.1, 0.15) is 17.9 Å². The number of alkyl halides is 2. The van der Waals surface area contributed by atoms with Gasteiger partial charge in [-0.1, -0.05) is 0 Å². The van der Waals surface area contributed by atoms with E-state index in [4.69, 9.17) is 5.73 Å². The van der Waals surface area contributed by atoms with E-state index in [1.54, 1.807) is 14.0 Å². The Morgan fingerprint density at radius 2 is 2.00 bits per heavy atom. The summed E-state index contributed by atoms with van der Waals surface area (Å²) in [6.45, 7) is 1.73. The maximum atomic E-state index is 12.4. The van der Waals surface area contributed by atoms with Gasteiger partial charge in [-0.25, -0.2) is 18.7 Å². The lowest BCUT2D eigenvalue weighted by Crippen LogP contribution is -2.02. The smallest absolute Gasteiger partial charge is 0.297 e. The number of aryl methyl sites for hydroxylation is 2. The zero-order valence-corrected chi connectivity index (χ0v) is 8.20. The van der Waals surface area contributed by atoms with Crippen LogP contribution in [0.4, 0.5) is 14.6 Å². The van der Waals surface area contributed by atoms with Gasteiger partial charge in [0.15, 0.2) is 11.5 Å². The molecule has 7 heteroatoms. The second-order valence-corrected chi connectivity index (χ2v) is 3.18. The van der Waals surface area contributed by atoms with Gasteiger partial charge in [-0.3, -0.25) is 4.68 Å². The maximum absolute atomic E-state index is 12.4. The van der Waals surface area contributed by atoms with E-state index in [0.717, 1.165) is 0 Å². The Balaban J connectivity index is 2.81. The number of hydrogen-bond acceptors (Lipinski definition) is 4. The van der Waals surface area contributed by atoms with Gasteiger partial charge in [-0.2, -0.15) is 5.10 Å². The van der Waals surface area contributed by atoms with E-state index in [0.29, 0.717) is 16.7 Å². The van der Waals surface area contributed by atoms with Gasteiger partial charge in [0.1, 0.15) is 5.82 Å². The molecular weight excluding hydrogens is 204 g/mol. The number of aromatic nitrogens is 4. The molecular formula is C8H9F2N5. The number of rotatable bonds is 1. The first-order valence-corrected chi connectivity index (χ1v) is 4.25. The number of nitrogens with zero attached hydrogens (tertiary/aromatic N) is 4. The number of fused-ring (bicyclic) bond motifs is 1. The Kier molecular flexibility index (Phi) is 2.02. The summed E-state index contributed by atoms with van der Waals surface area (Å²) >= 11 is 0. The second-order valence-electron chi connectivity index (χ2n) is 3.18. The van der Waals surface area contributed by atoms with Crippen molar-refractivity contribution in [3.05, 3.63) is 11.5 Å². The third kappa shape index (κ3) is 1.39. The summed E-state index contributed by atoms with van der Waals surface area (Å²) < 4.78 is 26.2. The molecule has 0 aromatic carbocycles. The number of hydrogen-bond donors (Lipinski definition) is 1. The van der Waals surface area contributed by atoms with Gasteiger partial charge in [0, 0.05) is 7.05 Å². The molecule has 0 saturated carbocycles. The van der Waals surface area contributed by atoms with Gasteiger partial charge in [0.05, 0.1) is 11.1 Å². The highest BCUT2D eigenvalue weighted by atomic mass is 19.3. The van der Waals surface area contributed by atoms with Crippen LogP contribution in [0.5, 0.6) is 0 Å². The average Bonchev–Trinajstić information content (AvgIpc) is 2.42. The van der Waals surface area contributed by atoms with Crippen LogP contribution in [-0.4, -0.2) is 19.7 Å². The Morgan fingerprint density at radius 1 is 1.33 bits per heavy atom. The van der Waals surface area contributed by atoms with Crippen LogP contribution < -0.4 is 5.73 Å². The zero-order valence-electron chi connectivity index (χ0n) is 8.20. The lowest BCUT2D eigenvalue weighted by Gasteiger charge is -2.01. The molecule has 0 atom stereocenters. The first kappa shape index (κ1) is 9.75. The van der Waals surface area contributed by atoms with Gasteiger partial charge >= 0.3 is 0 Å². The van der Waals surface area contributed by atoms with E-state index < -0.39 is 12.2 Å². The molecule has 0 amide bonds. The predicted molar refractivity (Wildman–Crippen MR) is 50.4 cm³/mol. The van der Waals surface area contributed by atoms with Gasteiger partial charge in [0.25, 0.3) is 6.43 Å². The van der Waals surface area contributed by atoms with Crippen molar-refractivity contribution in [1.29, 1.82) is 0 Å². The summed E-state index contributed by atoms with van der Waals surface area (Å²) in [5, 5.41) is 4.57. The van der Waals surface area contributed by atoms with Crippen molar-refractivity contribution in [2.45, 2.75) is 13.3 Å². The topological polar surface area (TPSA) is 69.6 Å². The minimum absolute atomic E-state index is 0.0425. The van der Waals surface area contributed by atoms with E-state index in [1.165, 1.54) is 4.68 Å². The van der Waals surface area contributed by atoms with E-state index in [2.05, 4.69) is 15.1 Å². The van der Waals surface area contributed by atoms with Crippen molar-refractivity contribution in [2.75, 3.05) is 5.73 Å². The third-order valence-electron chi connectivity index (χ3n) is 2.10. The molecule has 0 radical (unpaired) electrons. The van der Waals surface area contributed by atoms with Crippen LogP contribution in [0.25, 0.3) is 11.0 Å². The van der Waals surface area contributed by atoms with Crippen molar-refractivity contribution in [3.63, 3.8) is 0 Å². The molecule has 0 bridgehead atoms. The Morgan fingerprint density at radius 3 is 2.60 bits per heavy atom. The summed E-state index contributed by atoms with van der Waals surface area (Å²) in [6.07, 6.45) is -2.73. The van der Waals surface area contributed by atoms with Crippen molar-refractivity contribution in [1.82, 2.24) is 19.7 Å². The van der Waals surface area contributed by atoms with E-state index in [9.17, 15) is 8.78 Å². The summed E-state index contributed by atoms with van der Waals surface area (Å²) in [7, 11) is 1.62.